The zero-order chi connectivity index (χ0) is 15.8. The summed E-state index contributed by atoms with van der Waals surface area (Å²) >= 11 is 0. The molecule has 0 aliphatic rings. The van der Waals surface area contributed by atoms with E-state index in [9.17, 15) is 9.59 Å². The summed E-state index contributed by atoms with van der Waals surface area (Å²) < 4.78 is 0. The Morgan fingerprint density at radius 1 is 1.05 bits per heavy atom. The average molecular weight is 291 g/mol. The van der Waals surface area contributed by atoms with Crippen molar-refractivity contribution in [2.24, 2.45) is 0 Å². The lowest BCUT2D eigenvalue weighted by atomic mass is 9.95. The van der Waals surface area contributed by atoms with Crippen LogP contribution in [0.5, 0.6) is 0 Å². The molecule has 0 unspecified atom stereocenters. The van der Waals surface area contributed by atoms with Gasteiger partial charge >= 0.3 is 5.97 Å². The van der Waals surface area contributed by atoms with Crippen molar-refractivity contribution in [1.29, 1.82) is 0 Å². The van der Waals surface area contributed by atoms with Crippen LogP contribution in [0.1, 0.15) is 47.9 Å². The van der Waals surface area contributed by atoms with Gasteiger partial charge in [-0.15, -0.1) is 0 Å². The quantitative estimate of drug-likeness (QED) is 0.724. The molecule has 116 valence electrons. The molecule has 0 radical (unpaired) electrons. The van der Waals surface area contributed by atoms with Crippen molar-refractivity contribution in [3.8, 4) is 0 Å². The van der Waals surface area contributed by atoms with E-state index in [1.807, 2.05) is 0 Å². The molecule has 1 aromatic rings. The fourth-order valence-electron chi connectivity index (χ4n) is 2.59. The minimum absolute atomic E-state index is 0.00260. The molecule has 0 aliphatic heterocycles. The first-order valence-electron chi connectivity index (χ1n) is 7.45. The van der Waals surface area contributed by atoms with E-state index in [1.165, 1.54) is 22.3 Å². The van der Waals surface area contributed by atoms with Gasteiger partial charge in [0.05, 0.1) is 0 Å². The number of carboxylic acid groups (broad SMARTS) is 1. The molecular formula is C17H25NO3. The normalized spacial score (nSPS) is 10.4. The van der Waals surface area contributed by atoms with E-state index >= 15 is 0 Å². The van der Waals surface area contributed by atoms with E-state index in [0.29, 0.717) is 19.4 Å². The number of benzene rings is 1. The first-order valence-corrected chi connectivity index (χ1v) is 7.45. The number of rotatable bonds is 8. The van der Waals surface area contributed by atoms with E-state index in [-0.39, 0.29) is 12.3 Å². The monoisotopic (exact) mass is 291 g/mol. The Morgan fingerprint density at radius 2 is 1.67 bits per heavy atom. The second-order valence-electron chi connectivity index (χ2n) is 5.58. The standard InChI is InChI=1S/C17H25NO3/c1-12-10-13(2)15(14(3)11-12)6-4-7-16(19)18-9-5-8-17(20)21/h10-11H,4-9H2,1-3H3,(H,18,19)(H,20,21). The topological polar surface area (TPSA) is 66.4 Å². The summed E-state index contributed by atoms with van der Waals surface area (Å²) in [5.74, 6) is -0.822. The number of aryl methyl sites for hydroxylation is 3. The molecule has 0 aromatic heterocycles. The van der Waals surface area contributed by atoms with Crippen molar-refractivity contribution < 1.29 is 14.7 Å². The van der Waals surface area contributed by atoms with Crippen LogP contribution in [0.4, 0.5) is 0 Å². The molecule has 0 heterocycles. The number of carboxylic acids is 1. The second-order valence-corrected chi connectivity index (χ2v) is 5.58. The highest BCUT2D eigenvalue weighted by Gasteiger charge is 2.06. The van der Waals surface area contributed by atoms with Gasteiger partial charge in [-0.05, 0) is 56.7 Å². The van der Waals surface area contributed by atoms with Crippen molar-refractivity contribution in [2.75, 3.05) is 6.54 Å². The zero-order valence-corrected chi connectivity index (χ0v) is 13.2. The molecule has 4 nitrogen and oxygen atoms in total. The van der Waals surface area contributed by atoms with Gasteiger partial charge in [0.25, 0.3) is 0 Å². The van der Waals surface area contributed by atoms with Crippen LogP contribution in [-0.4, -0.2) is 23.5 Å². The van der Waals surface area contributed by atoms with E-state index in [2.05, 4.69) is 38.2 Å². The number of carbonyl (C=O) groups excluding carboxylic acids is 1. The van der Waals surface area contributed by atoms with Gasteiger partial charge in [-0.3, -0.25) is 9.59 Å². The van der Waals surface area contributed by atoms with E-state index in [4.69, 9.17) is 5.11 Å². The third-order valence-electron chi connectivity index (χ3n) is 3.56. The second kappa shape index (κ2) is 8.45. The van der Waals surface area contributed by atoms with Crippen molar-refractivity contribution in [3.63, 3.8) is 0 Å². The lowest BCUT2D eigenvalue weighted by Gasteiger charge is -2.11. The summed E-state index contributed by atoms with van der Waals surface area (Å²) in [4.78, 5) is 22.0. The number of aliphatic carboxylic acids is 1. The van der Waals surface area contributed by atoms with Crippen LogP contribution in [0.15, 0.2) is 12.1 Å². The van der Waals surface area contributed by atoms with Crippen LogP contribution in [0.2, 0.25) is 0 Å². The van der Waals surface area contributed by atoms with Gasteiger partial charge in [0.15, 0.2) is 0 Å². The van der Waals surface area contributed by atoms with Gasteiger partial charge in [0.1, 0.15) is 0 Å². The molecule has 21 heavy (non-hydrogen) atoms. The maximum atomic E-state index is 11.6. The van der Waals surface area contributed by atoms with Crippen LogP contribution >= 0.6 is 0 Å². The SMILES string of the molecule is Cc1cc(C)c(CCCC(=O)NCCCC(=O)O)c(C)c1. The van der Waals surface area contributed by atoms with Gasteiger partial charge in [0, 0.05) is 19.4 Å². The van der Waals surface area contributed by atoms with Gasteiger partial charge in [0.2, 0.25) is 5.91 Å². The summed E-state index contributed by atoms with van der Waals surface area (Å²) in [6.45, 7) is 6.75. The highest BCUT2D eigenvalue weighted by molar-refractivity contribution is 5.75. The Bertz CT molecular complexity index is 486. The number of nitrogens with one attached hydrogen (secondary N) is 1. The summed E-state index contributed by atoms with van der Waals surface area (Å²) in [7, 11) is 0. The van der Waals surface area contributed by atoms with Crippen molar-refractivity contribution in [2.45, 2.75) is 52.9 Å². The molecular weight excluding hydrogens is 266 g/mol. The van der Waals surface area contributed by atoms with Crippen LogP contribution < -0.4 is 5.32 Å². The molecule has 2 N–H and O–H groups in total. The van der Waals surface area contributed by atoms with Gasteiger partial charge in [-0.25, -0.2) is 0 Å². The summed E-state index contributed by atoms with van der Waals surface area (Å²) in [5, 5.41) is 11.3. The molecule has 0 fully saturated rings. The van der Waals surface area contributed by atoms with Crippen LogP contribution in [-0.2, 0) is 16.0 Å². The van der Waals surface area contributed by atoms with Crippen molar-refractivity contribution in [3.05, 3.63) is 34.4 Å². The minimum atomic E-state index is -0.824. The summed E-state index contributed by atoms with van der Waals surface area (Å²) in [6.07, 6.45) is 2.79. The lowest BCUT2D eigenvalue weighted by molar-refractivity contribution is -0.137. The number of amides is 1. The van der Waals surface area contributed by atoms with E-state index in [1.54, 1.807) is 0 Å². The number of hydrogen-bond donors (Lipinski definition) is 2. The fourth-order valence-corrected chi connectivity index (χ4v) is 2.59. The lowest BCUT2D eigenvalue weighted by Crippen LogP contribution is -2.24. The Kier molecular flexibility index (Phi) is 6.92. The van der Waals surface area contributed by atoms with Crippen LogP contribution in [0, 0.1) is 20.8 Å². The maximum Gasteiger partial charge on any atom is 0.303 e. The Balaban J connectivity index is 2.30. The molecule has 0 bridgehead atoms. The minimum Gasteiger partial charge on any atom is -0.481 e. The molecule has 1 amide bonds. The Morgan fingerprint density at radius 3 is 2.24 bits per heavy atom. The predicted molar refractivity (Wildman–Crippen MR) is 83.5 cm³/mol. The molecule has 0 atom stereocenters. The molecule has 4 heteroatoms. The van der Waals surface area contributed by atoms with Gasteiger partial charge in [-0.1, -0.05) is 17.7 Å². The first kappa shape index (κ1) is 17.2. The average Bonchev–Trinajstić information content (AvgIpc) is 2.37. The fraction of sp³-hybridized carbons (Fsp3) is 0.529. The highest BCUT2D eigenvalue weighted by Crippen LogP contribution is 2.18. The maximum absolute atomic E-state index is 11.6. The Hall–Kier alpha value is -1.84. The number of hydrogen-bond acceptors (Lipinski definition) is 2. The van der Waals surface area contributed by atoms with E-state index < -0.39 is 5.97 Å². The zero-order valence-electron chi connectivity index (χ0n) is 13.2. The third kappa shape index (κ3) is 6.43. The van der Waals surface area contributed by atoms with Crippen molar-refractivity contribution in [1.82, 2.24) is 5.32 Å². The molecule has 1 rings (SSSR count). The summed E-state index contributed by atoms with van der Waals surface area (Å²) in [6, 6.07) is 4.35. The largest absolute Gasteiger partial charge is 0.481 e. The van der Waals surface area contributed by atoms with Crippen LogP contribution in [0.25, 0.3) is 0 Å². The number of carbonyl (C=O) groups is 2. The smallest absolute Gasteiger partial charge is 0.303 e. The molecule has 1 aromatic carbocycles. The predicted octanol–water partition coefficient (Wildman–Crippen LogP) is 2.92. The van der Waals surface area contributed by atoms with E-state index in [0.717, 1.165) is 12.8 Å². The summed E-state index contributed by atoms with van der Waals surface area (Å²) in [5.41, 5.74) is 5.17. The molecule has 0 spiro atoms. The third-order valence-corrected chi connectivity index (χ3v) is 3.56. The van der Waals surface area contributed by atoms with Gasteiger partial charge < -0.3 is 10.4 Å². The highest BCUT2D eigenvalue weighted by atomic mass is 16.4. The van der Waals surface area contributed by atoms with Crippen LogP contribution in [0.3, 0.4) is 0 Å². The first-order chi connectivity index (χ1) is 9.90. The molecule has 0 saturated heterocycles. The molecule has 0 saturated carbocycles. The Labute approximate surface area is 126 Å². The van der Waals surface area contributed by atoms with Gasteiger partial charge in [-0.2, -0.15) is 0 Å². The molecule has 0 aliphatic carbocycles. The van der Waals surface area contributed by atoms with Crippen molar-refractivity contribution >= 4 is 11.9 Å².